The number of hydrogen-bond acceptors (Lipinski definition) is 3. The van der Waals surface area contributed by atoms with Crippen molar-refractivity contribution >= 4 is 5.97 Å². The molecule has 1 aliphatic rings. The van der Waals surface area contributed by atoms with Crippen LogP contribution in [0.3, 0.4) is 0 Å². The molecule has 1 aliphatic heterocycles. The van der Waals surface area contributed by atoms with Crippen molar-refractivity contribution in [3.05, 3.63) is 0 Å². The van der Waals surface area contributed by atoms with Crippen LogP contribution in [0.4, 0.5) is 0 Å². The molecule has 1 heterocycles. The van der Waals surface area contributed by atoms with Crippen molar-refractivity contribution in [2.45, 2.75) is 13.3 Å². The molecule has 0 saturated carbocycles. The molecule has 58 valence electrons. The normalized spacial score (nSPS) is 16.9. The Morgan fingerprint density at radius 3 is 2.80 bits per heavy atom. The fourth-order valence-corrected chi connectivity index (χ4v) is 0.685. The van der Waals surface area contributed by atoms with Gasteiger partial charge in [0.05, 0.1) is 0 Å². The van der Waals surface area contributed by atoms with Crippen molar-refractivity contribution in [2.24, 2.45) is 0 Å². The lowest BCUT2D eigenvalue weighted by Gasteiger charge is -2.01. The molecule has 3 heteroatoms. The van der Waals surface area contributed by atoms with Gasteiger partial charge in [-0.3, -0.25) is 9.69 Å². The highest BCUT2D eigenvalue weighted by Gasteiger charge is 2.16. The predicted molar refractivity (Wildman–Crippen MR) is 37.7 cm³/mol. The zero-order valence-corrected chi connectivity index (χ0v) is 6.30. The van der Waals surface area contributed by atoms with Crippen LogP contribution in [0.15, 0.2) is 0 Å². The van der Waals surface area contributed by atoms with Crippen LogP contribution in [-0.2, 0) is 9.53 Å². The molecule has 0 radical (unpaired) electrons. The van der Waals surface area contributed by atoms with E-state index in [1.165, 1.54) is 13.1 Å². The highest BCUT2D eigenvalue weighted by atomic mass is 16.5. The third-order valence-corrected chi connectivity index (χ3v) is 1.50. The van der Waals surface area contributed by atoms with Crippen LogP contribution >= 0.6 is 0 Å². The summed E-state index contributed by atoms with van der Waals surface area (Å²) in [6.07, 6.45) is 0.486. The number of carbonyl (C=O) groups is 1. The highest BCUT2D eigenvalue weighted by molar-refractivity contribution is 5.68. The average molecular weight is 143 g/mol. The van der Waals surface area contributed by atoms with E-state index in [2.05, 4.69) is 4.90 Å². The molecule has 0 aromatic carbocycles. The van der Waals surface area contributed by atoms with Crippen molar-refractivity contribution in [2.75, 3.05) is 26.2 Å². The Labute approximate surface area is 61.0 Å². The van der Waals surface area contributed by atoms with Crippen LogP contribution in [0, 0.1) is 0 Å². The summed E-state index contributed by atoms with van der Waals surface area (Å²) in [6.45, 7) is 5.62. The van der Waals surface area contributed by atoms with Gasteiger partial charge in [0, 0.05) is 26.1 Å². The summed E-state index contributed by atoms with van der Waals surface area (Å²) in [6, 6.07) is 0. The Bertz CT molecular complexity index is 121. The van der Waals surface area contributed by atoms with Gasteiger partial charge in [0.15, 0.2) is 0 Å². The molecule has 3 nitrogen and oxygen atoms in total. The molecular weight excluding hydrogens is 130 g/mol. The second-order valence-electron chi connectivity index (χ2n) is 2.42. The minimum atomic E-state index is -0.0955. The Morgan fingerprint density at radius 2 is 2.30 bits per heavy atom. The second-order valence-corrected chi connectivity index (χ2v) is 2.42. The molecule has 0 aromatic rings. The van der Waals surface area contributed by atoms with Crippen molar-refractivity contribution in [1.82, 2.24) is 4.90 Å². The maximum atomic E-state index is 10.6. The van der Waals surface area contributed by atoms with Gasteiger partial charge in [-0.15, -0.1) is 0 Å². The average Bonchev–Trinajstić information content (AvgIpc) is 2.71. The smallest absolute Gasteiger partial charge is 0.305 e. The number of nitrogens with zero attached hydrogens (tertiary/aromatic N) is 1. The van der Waals surface area contributed by atoms with E-state index >= 15 is 0 Å². The fraction of sp³-hybridized carbons (Fsp3) is 0.857. The van der Waals surface area contributed by atoms with Gasteiger partial charge in [0.1, 0.15) is 6.61 Å². The third kappa shape index (κ3) is 2.82. The SMILES string of the molecule is CCC(=O)OCCN1CC1. The largest absolute Gasteiger partial charge is 0.464 e. The van der Waals surface area contributed by atoms with E-state index in [0.717, 1.165) is 6.54 Å². The van der Waals surface area contributed by atoms with E-state index in [-0.39, 0.29) is 5.97 Å². The molecule has 10 heavy (non-hydrogen) atoms. The molecule has 1 saturated heterocycles. The van der Waals surface area contributed by atoms with Gasteiger partial charge >= 0.3 is 5.97 Å². The molecule has 0 atom stereocenters. The fourth-order valence-electron chi connectivity index (χ4n) is 0.685. The maximum absolute atomic E-state index is 10.6. The molecular formula is C7H13NO2. The quantitative estimate of drug-likeness (QED) is 0.417. The number of hydrogen-bond donors (Lipinski definition) is 0. The van der Waals surface area contributed by atoms with Gasteiger partial charge in [-0.1, -0.05) is 6.92 Å². The van der Waals surface area contributed by atoms with Gasteiger partial charge in [0.2, 0.25) is 0 Å². The van der Waals surface area contributed by atoms with Crippen molar-refractivity contribution in [3.8, 4) is 0 Å². The summed E-state index contributed by atoms with van der Waals surface area (Å²) in [5.74, 6) is -0.0955. The Morgan fingerprint density at radius 1 is 1.60 bits per heavy atom. The van der Waals surface area contributed by atoms with Crippen LogP contribution in [0.25, 0.3) is 0 Å². The minimum Gasteiger partial charge on any atom is -0.464 e. The first-order chi connectivity index (χ1) is 4.83. The van der Waals surface area contributed by atoms with Gasteiger partial charge < -0.3 is 4.74 Å². The zero-order chi connectivity index (χ0) is 7.40. The predicted octanol–water partition coefficient (Wildman–Crippen LogP) is 0.255. The zero-order valence-electron chi connectivity index (χ0n) is 6.30. The molecule has 0 aliphatic carbocycles. The lowest BCUT2D eigenvalue weighted by molar-refractivity contribution is -0.143. The monoisotopic (exact) mass is 143 g/mol. The van der Waals surface area contributed by atoms with Gasteiger partial charge in [-0.25, -0.2) is 0 Å². The molecule has 0 bridgehead atoms. The Hall–Kier alpha value is -0.570. The molecule has 0 aromatic heterocycles. The van der Waals surface area contributed by atoms with Gasteiger partial charge in [-0.2, -0.15) is 0 Å². The van der Waals surface area contributed by atoms with Gasteiger partial charge in [-0.05, 0) is 0 Å². The lowest BCUT2D eigenvalue weighted by Crippen LogP contribution is -2.12. The summed E-state index contributed by atoms with van der Waals surface area (Å²) in [5, 5.41) is 0. The lowest BCUT2D eigenvalue weighted by atomic mass is 10.5. The summed E-state index contributed by atoms with van der Waals surface area (Å²) in [4.78, 5) is 12.8. The summed E-state index contributed by atoms with van der Waals surface area (Å²) < 4.78 is 4.86. The van der Waals surface area contributed by atoms with Crippen LogP contribution in [0.5, 0.6) is 0 Å². The topological polar surface area (TPSA) is 29.3 Å². The molecule has 0 amide bonds. The van der Waals surface area contributed by atoms with Gasteiger partial charge in [0.25, 0.3) is 0 Å². The first kappa shape index (κ1) is 7.54. The van der Waals surface area contributed by atoms with Crippen LogP contribution < -0.4 is 0 Å². The molecule has 0 spiro atoms. The van der Waals surface area contributed by atoms with Crippen LogP contribution in [-0.4, -0.2) is 37.1 Å². The molecule has 0 unspecified atom stereocenters. The highest BCUT2D eigenvalue weighted by Crippen LogP contribution is 2.01. The van der Waals surface area contributed by atoms with E-state index in [4.69, 9.17) is 4.74 Å². The Balaban J connectivity index is 1.88. The standard InChI is InChI=1S/C7H13NO2/c1-2-7(9)10-6-5-8-3-4-8/h2-6H2,1H3. The van der Waals surface area contributed by atoms with Crippen LogP contribution in [0.1, 0.15) is 13.3 Å². The molecule has 1 rings (SSSR count). The van der Waals surface area contributed by atoms with E-state index in [1.807, 2.05) is 0 Å². The first-order valence-corrected chi connectivity index (χ1v) is 3.71. The number of esters is 1. The number of rotatable bonds is 4. The van der Waals surface area contributed by atoms with E-state index in [9.17, 15) is 4.79 Å². The van der Waals surface area contributed by atoms with E-state index in [1.54, 1.807) is 6.92 Å². The van der Waals surface area contributed by atoms with Crippen molar-refractivity contribution < 1.29 is 9.53 Å². The van der Waals surface area contributed by atoms with Crippen molar-refractivity contribution in [3.63, 3.8) is 0 Å². The van der Waals surface area contributed by atoms with Crippen LogP contribution in [0.2, 0.25) is 0 Å². The summed E-state index contributed by atoms with van der Waals surface area (Å²) >= 11 is 0. The van der Waals surface area contributed by atoms with E-state index < -0.39 is 0 Å². The summed E-state index contributed by atoms with van der Waals surface area (Å²) in [7, 11) is 0. The second kappa shape index (κ2) is 3.56. The summed E-state index contributed by atoms with van der Waals surface area (Å²) in [5.41, 5.74) is 0. The third-order valence-electron chi connectivity index (χ3n) is 1.50. The molecule has 0 N–H and O–H groups in total. The van der Waals surface area contributed by atoms with E-state index in [0.29, 0.717) is 13.0 Å². The minimum absolute atomic E-state index is 0.0955. The number of ether oxygens (including phenoxy) is 1. The Kier molecular flexibility index (Phi) is 2.68. The molecule has 1 fully saturated rings. The number of carbonyl (C=O) groups excluding carboxylic acids is 1. The van der Waals surface area contributed by atoms with Crippen molar-refractivity contribution in [1.29, 1.82) is 0 Å². The first-order valence-electron chi connectivity index (χ1n) is 3.71. The maximum Gasteiger partial charge on any atom is 0.305 e.